The Morgan fingerprint density at radius 1 is 1.04 bits per heavy atom. The van der Waals surface area contributed by atoms with Gasteiger partial charge in [-0.05, 0) is 39.5 Å². The van der Waals surface area contributed by atoms with Gasteiger partial charge in [-0.25, -0.2) is 0 Å². The van der Waals surface area contributed by atoms with Crippen LogP contribution in [0.2, 0.25) is 0 Å². The Morgan fingerprint density at radius 2 is 1.69 bits per heavy atom. The first-order valence-corrected chi connectivity index (χ1v) is 9.58. The minimum absolute atomic E-state index is 0. The summed E-state index contributed by atoms with van der Waals surface area (Å²) >= 11 is 0. The lowest BCUT2D eigenvalue weighted by Gasteiger charge is -2.28. The zero-order valence-corrected chi connectivity index (χ0v) is 16.5. The van der Waals surface area contributed by atoms with E-state index in [9.17, 15) is 14.4 Å². The Morgan fingerprint density at radius 3 is 2.27 bits per heavy atom. The molecule has 0 atom stereocenters. The van der Waals surface area contributed by atoms with Crippen molar-refractivity contribution in [1.82, 2.24) is 10.6 Å². The Kier molecular flexibility index (Phi) is 10.4. The standard InChI is InChI=1S/C19H34N2O5.2H2/c1-13(2)17(22)11-20-19(24)15-5-7-16(8-6-15)21-18(23)12-25-9-10-26-14(3)4;;/h13-16H,5-12H2,1-4H3,(H,20,24)(H,21,23);2*1H. The molecular weight excluding hydrogens is 336 g/mol. The molecule has 1 aliphatic carbocycles. The molecule has 154 valence electrons. The van der Waals surface area contributed by atoms with E-state index in [1.54, 1.807) is 0 Å². The van der Waals surface area contributed by atoms with E-state index in [1.165, 1.54) is 0 Å². The van der Waals surface area contributed by atoms with Crippen molar-refractivity contribution in [1.29, 1.82) is 0 Å². The fourth-order valence-electron chi connectivity index (χ4n) is 2.80. The van der Waals surface area contributed by atoms with Gasteiger partial charge in [0, 0.05) is 20.7 Å². The van der Waals surface area contributed by atoms with Crippen LogP contribution in [-0.2, 0) is 23.9 Å². The van der Waals surface area contributed by atoms with Gasteiger partial charge >= 0.3 is 0 Å². The van der Waals surface area contributed by atoms with E-state index >= 15 is 0 Å². The molecule has 0 saturated heterocycles. The van der Waals surface area contributed by atoms with Gasteiger partial charge in [0.25, 0.3) is 0 Å². The summed E-state index contributed by atoms with van der Waals surface area (Å²) in [4.78, 5) is 35.6. The number of carbonyl (C=O) groups excluding carboxylic acids is 3. The van der Waals surface area contributed by atoms with Crippen molar-refractivity contribution in [2.45, 2.75) is 65.5 Å². The van der Waals surface area contributed by atoms with Crippen LogP contribution in [0.4, 0.5) is 0 Å². The van der Waals surface area contributed by atoms with Crippen LogP contribution in [-0.4, -0.2) is 56.1 Å². The third-order valence-corrected chi connectivity index (χ3v) is 4.46. The molecule has 2 N–H and O–H groups in total. The molecule has 1 saturated carbocycles. The van der Waals surface area contributed by atoms with E-state index in [2.05, 4.69) is 10.6 Å². The van der Waals surface area contributed by atoms with Gasteiger partial charge in [-0.15, -0.1) is 0 Å². The highest BCUT2D eigenvalue weighted by Gasteiger charge is 2.27. The highest BCUT2D eigenvalue weighted by Crippen LogP contribution is 2.24. The molecule has 1 fully saturated rings. The Bertz CT molecular complexity index is 467. The summed E-state index contributed by atoms with van der Waals surface area (Å²) in [6.07, 6.45) is 3.12. The van der Waals surface area contributed by atoms with Crippen LogP contribution in [0.25, 0.3) is 0 Å². The molecule has 0 aromatic rings. The maximum atomic E-state index is 12.1. The summed E-state index contributed by atoms with van der Waals surface area (Å²) in [5, 5.41) is 5.68. The summed E-state index contributed by atoms with van der Waals surface area (Å²) < 4.78 is 10.6. The average Bonchev–Trinajstić information content (AvgIpc) is 2.59. The number of hydrogen-bond donors (Lipinski definition) is 2. The van der Waals surface area contributed by atoms with Crippen molar-refractivity contribution >= 4 is 17.6 Å². The second-order valence-corrected chi connectivity index (χ2v) is 7.43. The van der Waals surface area contributed by atoms with E-state index < -0.39 is 0 Å². The third-order valence-electron chi connectivity index (χ3n) is 4.46. The maximum Gasteiger partial charge on any atom is 0.246 e. The van der Waals surface area contributed by atoms with Gasteiger partial charge in [0.2, 0.25) is 11.8 Å². The maximum absolute atomic E-state index is 12.1. The summed E-state index contributed by atoms with van der Waals surface area (Å²) in [5.41, 5.74) is 0. The van der Waals surface area contributed by atoms with Crippen molar-refractivity contribution in [2.75, 3.05) is 26.4 Å². The van der Waals surface area contributed by atoms with E-state index in [0.29, 0.717) is 13.2 Å². The molecule has 0 aliphatic heterocycles. The molecule has 0 spiro atoms. The van der Waals surface area contributed by atoms with Crippen molar-refractivity contribution in [2.24, 2.45) is 11.8 Å². The van der Waals surface area contributed by atoms with Crippen molar-refractivity contribution in [3.05, 3.63) is 0 Å². The van der Waals surface area contributed by atoms with Crippen molar-refractivity contribution < 1.29 is 26.7 Å². The molecule has 0 bridgehead atoms. The SMILES string of the molecule is CC(C)OCCOCC(=O)NC1CCC(C(=O)NCC(=O)C(C)C)CC1.[HH].[HH]. The molecule has 0 radical (unpaired) electrons. The quantitative estimate of drug-likeness (QED) is 0.539. The van der Waals surface area contributed by atoms with Crippen molar-refractivity contribution in [3.63, 3.8) is 0 Å². The molecule has 1 rings (SSSR count). The van der Waals surface area contributed by atoms with Crippen LogP contribution in [0.5, 0.6) is 0 Å². The molecule has 7 heteroatoms. The second kappa shape index (κ2) is 12.0. The van der Waals surface area contributed by atoms with Gasteiger partial charge in [0.1, 0.15) is 6.61 Å². The van der Waals surface area contributed by atoms with Gasteiger partial charge in [-0.1, -0.05) is 13.8 Å². The minimum Gasteiger partial charge on any atom is -0.376 e. The Hall–Kier alpha value is -1.47. The van der Waals surface area contributed by atoms with Gasteiger partial charge in [0.15, 0.2) is 5.78 Å². The first kappa shape index (κ1) is 22.6. The fourth-order valence-corrected chi connectivity index (χ4v) is 2.80. The van der Waals surface area contributed by atoms with Crippen LogP contribution in [0.15, 0.2) is 0 Å². The van der Waals surface area contributed by atoms with Gasteiger partial charge in [-0.2, -0.15) is 0 Å². The molecular formula is C19H38N2O5. The van der Waals surface area contributed by atoms with E-state index in [-0.39, 0.29) is 57.6 Å². The monoisotopic (exact) mass is 374 g/mol. The number of nitrogens with one attached hydrogen (secondary N) is 2. The number of rotatable bonds is 11. The summed E-state index contributed by atoms with van der Waals surface area (Å²) in [6, 6.07) is 0.0827. The largest absolute Gasteiger partial charge is 0.376 e. The van der Waals surface area contributed by atoms with Crippen LogP contribution in [0.1, 0.15) is 56.2 Å². The van der Waals surface area contributed by atoms with Gasteiger partial charge < -0.3 is 20.1 Å². The molecule has 2 amide bonds. The lowest BCUT2D eigenvalue weighted by Crippen LogP contribution is -2.43. The zero-order valence-electron chi connectivity index (χ0n) is 16.5. The first-order chi connectivity index (χ1) is 12.3. The highest BCUT2D eigenvalue weighted by atomic mass is 16.5. The highest BCUT2D eigenvalue weighted by molar-refractivity contribution is 5.88. The minimum atomic E-state index is -0.134. The molecule has 1 aliphatic rings. The van der Waals surface area contributed by atoms with Crippen LogP contribution in [0.3, 0.4) is 0 Å². The van der Waals surface area contributed by atoms with Crippen LogP contribution >= 0.6 is 0 Å². The number of amides is 2. The summed E-state index contributed by atoms with van der Waals surface area (Å²) in [5.74, 6) is -0.298. The predicted molar refractivity (Wildman–Crippen MR) is 103 cm³/mol. The molecule has 0 aromatic heterocycles. The molecule has 26 heavy (non-hydrogen) atoms. The summed E-state index contributed by atoms with van der Waals surface area (Å²) in [7, 11) is 0. The number of ketones is 1. The van der Waals surface area contributed by atoms with Gasteiger partial charge in [-0.3, -0.25) is 14.4 Å². The van der Waals surface area contributed by atoms with Crippen LogP contribution in [0, 0.1) is 11.8 Å². The number of carbonyl (C=O) groups is 3. The molecule has 0 unspecified atom stereocenters. The number of Topliss-reactive ketones (excluding diaryl/α,β-unsaturated/α-hetero) is 1. The Balaban J connectivity index is 0. The predicted octanol–water partition coefficient (Wildman–Crippen LogP) is 1.94. The second-order valence-electron chi connectivity index (χ2n) is 7.43. The van der Waals surface area contributed by atoms with E-state index in [0.717, 1.165) is 25.7 Å². The number of ether oxygens (including phenoxy) is 2. The van der Waals surface area contributed by atoms with Crippen LogP contribution < -0.4 is 10.6 Å². The lowest BCUT2D eigenvalue weighted by atomic mass is 9.85. The lowest BCUT2D eigenvalue weighted by molar-refractivity contribution is -0.130. The average molecular weight is 375 g/mol. The summed E-state index contributed by atoms with van der Waals surface area (Å²) in [6.45, 7) is 8.55. The molecule has 7 nitrogen and oxygen atoms in total. The van der Waals surface area contributed by atoms with E-state index in [4.69, 9.17) is 9.47 Å². The van der Waals surface area contributed by atoms with Gasteiger partial charge in [0.05, 0.1) is 25.9 Å². The topological polar surface area (TPSA) is 93.7 Å². The Labute approximate surface area is 159 Å². The molecule has 0 aromatic carbocycles. The van der Waals surface area contributed by atoms with E-state index in [1.807, 2.05) is 27.7 Å². The van der Waals surface area contributed by atoms with Crippen molar-refractivity contribution in [3.8, 4) is 0 Å². The smallest absolute Gasteiger partial charge is 0.246 e. The third kappa shape index (κ3) is 9.29. The first-order valence-electron chi connectivity index (χ1n) is 9.58. The molecule has 0 heterocycles. The fraction of sp³-hybridized carbons (Fsp3) is 0.842. The normalized spacial score (nSPS) is 20.2. The zero-order chi connectivity index (χ0) is 19.5. The number of hydrogen-bond acceptors (Lipinski definition) is 5.